The molecule has 0 unspecified atom stereocenters. The predicted octanol–water partition coefficient (Wildman–Crippen LogP) is 2.77. The largest absolute Gasteiger partial charge is 0.384 e. The Labute approximate surface area is 110 Å². The monoisotopic (exact) mass is 259 g/mol. The lowest BCUT2D eigenvalue weighted by Crippen LogP contribution is -2.05. The number of nitrogens with zero attached hydrogens (tertiary/aromatic N) is 1. The Balaban J connectivity index is 2.08. The second-order valence-electron chi connectivity index (χ2n) is 3.71. The first kappa shape index (κ1) is 12.4. The molecule has 0 fully saturated rings. The summed E-state index contributed by atoms with van der Waals surface area (Å²) in [5, 5.41) is 3.57. The van der Waals surface area contributed by atoms with E-state index in [2.05, 4.69) is 10.3 Å². The van der Waals surface area contributed by atoms with Crippen LogP contribution in [-0.2, 0) is 4.79 Å². The normalized spacial score (nSPS) is 10.1. The summed E-state index contributed by atoms with van der Waals surface area (Å²) in [5.74, 6) is 0.433. The van der Waals surface area contributed by atoms with Gasteiger partial charge in [0.1, 0.15) is 10.8 Å². The van der Waals surface area contributed by atoms with Crippen molar-refractivity contribution >= 4 is 29.2 Å². The van der Waals surface area contributed by atoms with Crippen LogP contribution in [0.1, 0.15) is 6.92 Å². The number of pyridine rings is 1. The molecule has 1 aromatic carbocycles. The van der Waals surface area contributed by atoms with Gasteiger partial charge in [-0.15, -0.1) is 0 Å². The van der Waals surface area contributed by atoms with E-state index in [0.717, 1.165) is 15.6 Å². The Bertz CT molecular complexity index is 554. The topological polar surface area (TPSA) is 68.0 Å². The van der Waals surface area contributed by atoms with E-state index >= 15 is 0 Å². The number of carbonyl (C=O) groups excluding carboxylic acids is 1. The van der Waals surface area contributed by atoms with Gasteiger partial charge in [-0.2, -0.15) is 0 Å². The van der Waals surface area contributed by atoms with Gasteiger partial charge in [-0.1, -0.05) is 17.8 Å². The molecule has 3 N–H and O–H groups in total. The maximum atomic E-state index is 10.9. The van der Waals surface area contributed by atoms with Crippen LogP contribution in [0.3, 0.4) is 0 Å². The van der Waals surface area contributed by atoms with Gasteiger partial charge in [0.15, 0.2) is 0 Å². The molecular formula is C13H13N3OS. The lowest BCUT2D eigenvalue weighted by molar-refractivity contribution is -0.114. The molecule has 0 atom stereocenters. The lowest BCUT2D eigenvalue weighted by atomic mass is 10.3. The number of amides is 1. The number of anilines is 2. The minimum atomic E-state index is -0.0760. The highest BCUT2D eigenvalue weighted by Crippen LogP contribution is 2.27. The van der Waals surface area contributed by atoms with Crippen LogP contribution in [-0.4, -0.2) is 10.9 Å². The van der Waals surface area contributed by atoms with Gasteiger partial charge in [-0.25, -0.2) is 4.98 Å². The number of aromatic nitrogens is 1. The van der Waals surface area contributed by atoms with Crippen LogP contribution >= 0.6 is 11.8 Å². The summed E-state index contributed by atoms with van der Waals surface area (Å²) < 4.78 is 0. The van der Waals surface area contributed by atoms with Crippen molar-refractivity contribution in [2.24, 2.45) is 0 Å². The van der Waals surface area contributed by atoms with E-state index in [-0.39, 0.29) is 5.91 Å². The van der Waals surface area contributed by atoms with E-state index in [1.54, 1.807) is 6.07 Å². The van der Waals surface area contributed by atoms with Crippen molar-refractivity contribution in [3.05, 3.63) is 42.5 Å². The van der Waals surface area contributed by atoms with E-state index in [1.807, 2.05) is 36.4 Å². The summed E-state index contributed by atoms with van der Waals surface area (Å²) in [5.41, 5.74) is 6.40. The molecular weight excluding hydrogens is 246 g/mol. The maximum absolute atomic E-state index is 10.9. The number of benzene rings is 1. The van der Waals surface area contributed by atoms with Crippen molar-refractivity contribution in [1.82, 2.24) is 4.98 Å². The first-order valence-electron chi connectivity index (χ1n) is 5.41. The number of carbonyl (C=O) groups is 1. The molecule has 2 rings (SSSR count). The Morgan fingerprint density at radius 2 is 1.94 bits per heavy atom. The van der Waals surface area contributed by atoms with Gasteiger partial charge in [0.25, 0.3) is 0 Å². The molecule has 0 radical (unpaired) electrons. The molecule has 0 saturated heterocycles. The average Bonchev–Trinajstić information content (AvgIpc) is 2.31. The number of hydrogen-bond donors (Lipinski definition) is 2. The van der Waals surface area contributed by atoms with Crippen LogP contribution in [0.2, 0.25) is 0 Å². The van der Waals surface area contributed by atoms with Gasteiger partial charge in [0, 0.05) is 17.5 Å². The molecule has 5 heteroatoms. The van der Waals surface area contributed by atoms with Crippen LogP contribution < -0.4 is 11.1 Å². The predicted molar refractivity (Wildman–Crippen MR) is 73.5 cm³/mol. The molecule has 0 spiro atoms. The number of nitrogens with two attached hydrogens (primary N) is 1. The molecule has 0 bridgehead atoms. The highest BCUT2D eigenvalue weighted by molar-refractivity contribution is 7.99. The SMILES string of the molecule is CC(=O)Nc1ccc(Sc2cccc(N)n2)cc1. The number of rotatable bonds is 3. The molecule has 0 saturated carbocycles. The van der Waals surface area contributed by atoms with Gasteiger partial charge < -0.3 is 11.1 Å². The Morgan fingerprint density at radius 3 is 2.56 bits per heavy atom. The summed E-state index contributed by atoms with van der Waals surface area (Å²) in [4.78, 5) is 16.1. The van der Waals surface area contributed by atoms with Gasteiger partial charge in [-0.05, 0) is 36.4 Å². The minimum Gasteiger partial charge on any atom is -0.384 e. The fourth-order valence-corrected chi connectivity index (χ4v) is 2.23. The van der Waals surface area contributed by atoms with Gasteiger partial charge in [0.05, 0.1) is 0 Å². The summed E-state index contributed by atoms with van der Waals surface area (Å²) in [6.07, 6.45) is 0. The molecule has 0 aliphatic heterocycles. The summed E-state index contributed by atoms with van der Waals surface area (Å²) >= 11 is 1.53. The Morgan fingerprint density at radius 1 is 1.22 bits per heavy atom. The third-order valence-corrected chi connectivity index (χ3v) is 3.09. The molecule has 2 aromatic rings. The quantitative estimate of drug-likeness (QED) is 0.889. The zero-order chi connectivity index (χ0) is 13.0. The third-order valence-electron chi connectivity index (χ3n) is 2.14. The molecule has 0 aliphatic carbocycles. The van der Waals surface area contributed by atoms with E-state index in [4.69, 9.17) is 5.73 Å². The zero-order valence-electron chi connectivity index (χ0n) is 9.88. The second kappa shape index (κ2) is 5.55. The minimum absolute atomic E-state index is 0.0760. The van der Waals surface area contributed by atoms with E-state index in [1.165, 1.54) is 18.7 Å². The van der Waals surface area contributed by atoms with E-state index < -0.39 is 0 Å². The molecule has 0 aliphatic rings. The summed E-state index contributed by atoms with van der Waals surface area (Å²) in [6, 6.07) is 13.1. The van der Waals surface area contributed by atoms with Crippen molar-refractivity contribution in [2.75, 3.05) is 11.1 Å². The maximum Gasteiger partial charge on any atom is 0.221 e. The Hall–Kier alpha value is -2.01. The number of nitrogen functional groups attached to an aromatic ring is 1. The Kier molecular flexibility index (Phi) is 3.84. The molecule has 1 amide bonds. The van der Waals surface area contributed by atoms with Crippen LogP contribution in [0.4, 0.5) is 11.5 Å². The van der Waals surface area contributed by atoms with Crippen LogP contribution in [0.15, 0.2) is 52.4 Å². The van der Waals surface area contributed by atoms with Crippen molar-refractivity contribution in [2.45, 2.75) is 16.8 Å². The van der Waals surface area contributed by atoms with Crippen molar-refractivity contribution < 1.29 is 4.79 Å². The fourth-order valence-electron chi connectivity index (χ4n) is 1.42. The van der Waals surface area contributed by atoms with E-state index in [0.29, 0.717) is 5.82 Å². The number of nitrogens with one attached hydrogen (secondary N) is 1. The lowest BCUT2D eigenvalue weighted by Gasteiger charge is -2.04. The molecule has 1 aromatic heterocycles. The van der Waals surface area contributed by atoms with Crippen LogP contribution in [0.5, 0.6) is 0 Å². The summed E-state index contributed by atoms with van der Waals surface area (Å²) in [7, 11) is 0. The van der Waals surface area contributed by atoms with Crippen molar-refractivity contribution in [3.8, 4) is 0 Å². The van der Waals surface area contributed by atoms with Crippen molar-refractivity contribution in [1.29, 1.82) is 0 Å². The standard InChI is InChI=1S/C13H13N3OS/c1-9(17)15-10-5-7-11(8-6-10)18-13-4-2-3-12(14)16-13/h2-8H,1H3,(H2,14,16)(H,15,17). The number of hydrogen-bond acceptors (Lipinski definition) is 4. The van der Waals surface area contributed by atoms with Crippen LogP contribution in [0, 0.1) is 0 Å². The highest BCUT2D eigenvalue weighted by atomic mass is 32.2. The first-order valence-corrected chi connectivity index (χ1v) is 6.23. The third kappa shape index (κ3) is 3.49. The molecule has 92 valence electrons. The molecule has 18 heavy (non-hydrogen) atoms. The smallest absolute Gasteiger partial charge is 0.221 e. The van der Waals surface area contributed by atoms with Gasteiger partial charge in [-0.3, -0.25) is 4.79 Å². The average molecular weight is 259 g/mol. The van der Waals surface area contributed by atoms with Crippen molar-refractivity contribution in [3.63, 3.8) is 0 Å². The van der Waals surface area contributed by atoms with Gasteiger partial charge >= 0.3 is 0 Å². The molecule has 4 nitrogen and oxygen atoms in total. The van der Waals surface area contributed by atoms with Gasteiger partial charge in [0.2, 0.25) is 5.91 Å². The summed E-state index contributed by atoms with van der Waals surface area (Å²) in [6.45, 7) is 1.49. The van der Waals surface area contributed by atoms with Crippen LogP contribution in [0.25, 0.3) is 0 Å². The van der Waals surface area contributed by atoms with E-state index in [9.17, 15) is 4.79 Å². The highest BCUT2D eigenvalue weighted by Gasteiger charge is 2.00. The second-order valence-corrected chi connectivity index (χ2v) is 4.80. The molecule has 1 heterocycles. The first-order chi connectivity index (χ1) is 8.63. The zero-order valence-corrected chi connectivity index (χ0v) is 10.7. The fraction of sp³-hybridized carbons (Fsp3) is 0.0769.